The van der Waals surface area contributed by atoms with E-state index in [0.29, 0.717) is 12.2 Å². The van der Waals surface area contributed by atoms with Crippen molar-refractivity contribution in [2.24, 2.45) is 5.92 Å². The van der Waals surface area contributed by atoms with E-state index in [-0.39, 0.29) is 5.91 Å². The fraction of sp³-hybridized carbons (Fsp3) is 0.389. The maximum absolute atomic E-state index is 12.1. The lowest BCUT2D eigenvalue weighted by Crippen LogP contribution is -2.33. The summed E-state index contributed by atoms with van der Waals surface area (Å²) in [4.78, 5) is 14.4. The fourth-order valence-electron chi connectivity index (χ4n) is 2.72. The summed E-state index contributed by atoms with van der Waals surface area (Å²) >= 11 is 0. The maximum Gasteiger partial charge on any atom is 0.272 e. The Balaban J connectivity index is 1.57. The van der Waals surface area contributed by atoms with E-state index in [2.05, 4.69) is 27.3 Å². The number of anilines is 1. The number of benzene rings is 1. The van der Waals surface area contributed by atoms with Gasteiger partial charge in [-0.2, -0.15) is 0 Å². The first-order valence-corrected chi connectivity index (χ1v) is 8.13. The lowest BCUT2D eigenvalue weighted by Gasteiger charge is -2.30. The van der Waals surface area contributed by atoms with Crippen molar-refractivity contribution in [3.8, 4) is 0 Å². The van der Waals surface area contributed by atoms with Gasteiger partial charge in [0.15, 0.2) is 11.5 Å². The van der Waals surface area contributed by atoms with E-state index in [9.17, 15) is 4.79 Å². The van der Waals surface area contributed by atoms with Crippen LogP contribution in [-0.2, 0) is 6.54 Å². The number of hydrogen-bond acceptors (Lipinski definition) is 4. The van der Waals surface area contributed by atoms with E-state index < -0.39 is 0 Å². The van der Waals surface area contributed by atoms with Gasteiger partial charge in [0.2, 0.25) is 0 Å². The van der Waals surface area contributed by atoms with E-state index in [1.807, 2.05) is 36.4 Å². The van der Waals surface area contributed by atoms with Crippen LogP contribution in [0.15, 0.2) is 42.5 Å². The zero-order valence-electron chi connectivity index (χ0n) is 13.4. The number of carbonyl (C=O) groups excluding carboxylic acids is 1. The van der Waals surface area contributed by atoms with Crippen LogP contribution >= 0.6 is 0 Å². The fourth-order valence-corrected chi connectivity index (χ4v) is 2.72. The summed E-state index contributed by atoms with van der Waals surface area (Å²) < 4.78 is 0. The molecule has 1 fully saturated rings. The molecule has 23 heavy (non-hydrogen) atoms. The Hall–Kier alpha value is -2.43. The summed E-state index contributed by atoms with van der Waals surface area (Å²) in [6, 6.07) is 13.5. The van der Waals surface area contributed by atoms with Crippen LogP contribution in [0.25, 0.3) is 0 Å². The van der Waals surface area contributed by atoms with Gasteiger partial charge in [-0.25, -0.2) is 0 Å². The van der Waals surface area contributed by atoms with Gasteiger partial charge in [0.05, 0.1) is 0 Å². The lowest BCUT2D eigenvalue weighted by atomic mass is 9.99. The van der Waals surface area contributed by atoms with Gasteiger partial charge in [-0.05, 0) is 36.5 Å². The normalized spacial score (nSPS) is 15.4. The minimum absolute atomic E-state index is 0.194. The Kier molecular flexibility index (Phi) is 4.86. The van der Waals surface area contributed by atoms with Crippen LogP contribution in [0.2, 0.25) is 0 Å². The third-order valence-corrected chi connectivity index (χ3v) is 4.29. The van der Waals surface area contributed by atoms with Crippen LogP contribution in [0.1, 0.15) is 35.8 Å². The largest absolute Gasteiger partial charge is 0.355 e. The predicted molar refractivity (Wildman–Crippen MR) is 90.3 cm³/mol. The number of carbonyl (C=O) groups is 1. The molecular weight excluding hydrogens is 288 g/mol. The second kappa shape index (κ2) is 7.22. The average Bonchev–Trinajstić information content (AvgIpc) is 2.61. The van der Waals surface area contributed by atoms with Gasteiger partial charge in [0, 0.05) is 19.6 Å². The third-order valence-electron chi connectivity index (χ3n) is 4.29. The molecule has 0 aliphatic carbocycles. The minimum Gasteiger partial charge on any atom is -0.355 e. The quantitative estimate of drug-likeness (QED) is 0.943. The molecule has 1 aliphatic heterocycles. The van der Waals surface area contributed by atoms with Gasteiger partial charge in [-0.1, -0.05) is 37.3 Å². The molecule has 0 radical (unpaired) electrons. The molecule has 1 saturated heterocycles. The molecule has 1 aromatic heterocycles. The summed E-state index contributed by atoms with van der Waals surface area (Å²) in [7, 11) is 0. The second-order valence-electron chi connectivity index (χ2n) is 6.11. The Bertz CT molecular complexity index is 634. The zero-order chi connectivity index (χ0) is 16.1. The average molecular weight is 310 g/mol. The molecule has 120 valence electrons. The number of rotatable bonds is 4. The Morgan fingerprint density at radius 3 is 2.52 bits per heavy atom. The van der Waals surface area contributed by atoms with E-state index >= 15 is 0 Å². The summed E-state index contributed by atoms with van der Waals surface area (Å²) in [5.74, 6) is 1.44. The smallest absolute Gasteiger partial charge is 0.272 e. The molecule has 5 nitrogen and oxygen atoms in total. The van der Waals surface area contributed by atoms with Gasteiger partial charge in [0.1, 0.15) is 0 Å². The minimum atomic E-state index is -0.194. The molecule has 0 spiro atoms. The molecule has 3 rings (SSSR count). The number of nitrogens with zero attached hydrogens (tertiary/aromatic N) is 3. The van der Waals surface area contributed by atoms with Crippen molar-refractivity contribution in [2.75, 3.05) is 18.0 Å². The molecular formula is C18H22N4O. The van der Waals surface area contributed by atoms with Gasteiger partial charge in [0.25, 0.3) is 5.91 Å². The van der Waals surface area contributed by atoms with Crippen molar-refractivity contribution in [2.45, 2.75) is 26.3 Å². The van der Waals surface area contributed by atoms with Crippen LogP contribution in [0, 0.1) is 5.92 Å². The number of nitrogens with one attached hydrogen (secondary N) is 1. The van der Waals surface area contributed by atoms with Crippen molar-refractivity contribution in [1.29, 1.82) is 0 Å². The first kappa shape index (κ1) is 15.5. The van der Waals surface area contributed by atoms with Crippen LogP contribution < -0.4 is 10.2 Å². The third kappa shape index (κ3) is 4.06. The summed E-state index contributed by atoms with van der Waals surface area (Å²) in [5.41, 5.74) is 1.42. The SMILES string of the molecule is CC1CCN(c2ccc(C(=O)NCc3ccccc3)nn2)CC1. The standard InChI is InChI=1S/C18H22N4O/c1-14-9-11-22(12-10-14)17-8-7-16(20-21-17)18(23)19-13-15-5-3-2-4-6-15/h2-8,14H,9-13H2,1H3,(H,19,23). The van der Waals surface area contributed by atoms with Crippen molar-refractivity contribution < 1.29 is 4.79 Å². The topological polar surface area (TPSA) is 58.1 Å². The molecule has 0 saturated carbocycles. The Labute approximate surface area is 136 Å². The van der Waals surface area contributed by atoms with Crippen LogP contribution in [0.3, 0.4) is 0 Å². The summed E-state index contributed by atoms with van der Waals surface area (Å²) in [6.07, 6.45) is 2.36. The number of hydrogen-bond donors (Lipinski definition) is 1. The van der Waals surface area contributed by atoms with Crippen molar-refractivity contribution in [3.05, 3.63) is 53.7 Å². The molecule has 2 aromatic rings. The molecule has 2 heterocycles. The molecule has 1 N–H and O–H groups in total. The highest BCUT2D eigenvalue weighted by Gasteiger charge is 2.17. The van der Waals surface area contributed by atoms with Crippen LogP contribution in [0.4, 0.5) is 5.82 Å². The monoisotopic (exact) mass is 310 g/mol. The Morgan fingerprint density at radius 1 is 1.13 bits per heavy atom. The zero-order valence-corrected chi connectivity index (χ0v) is 13.4. The van der Waals surface area contributed by atoms with Gasteiger partial charge >= 0.3 is 0 Å². The lowest BCUT2D eigenvalue weighted by molar-refractivity contribution is 0.0945. The van der Waals surface area contributed by atoms with Crippen molar-refractivity contribution in [1.82, 2.24) is 15.5 Å². The van der Waals surface area contributed by atoms with Gasteiger partial charge in [-0.3, -0.25) is 4.79 Å². The van der Waals surface area contributed by atoms with Crippen LogP contribution in [0.5, 0.6) is 0 Å². The molecule has 1 amide bonds. The summed E-state index contributed by atoms with van der Waals surface area (Å²) in [5, 5.41) is 11.2. The van der Waals surface area contributed by atoms with E-state index in [0.717, 1.165) is 30.4 Å². The Morgan fingerprint density at radius 2 is 1.87 bits per heavy atom. The number of piperidine rings is 1. The number of aromatic nitrogens is 2. The van der Waals surface area contributed by atoms with Gasteiger partial charge in [-0.15, -0.1) is 10.2 Å². The highest BCUT2D eigenvalue weighted by Crippen LogP contribution is 2.20. The number of amides is 1. The highest BCUT2D eigenvalue weighted by molar-refractivity contribution is 5.92. The van der Waals surface area contributed by atoms with Crippen molar-refractivity contribution >= 4 is 11.7 Å². The molecule has 0 atom stereocenters. The summed E-state index contributed by atoms with van der Waals surface area (Å²) in [6.45, 7) is 4.79. The highest BCUT2D eigenvalue weighted by atomic mass is 16.1. The van der Waals surface area contributed by atoms with E-state index in [4.69, 9.17) is 0 Å². The molecule has 0 unspecified atom stereocenters. The van der Waals surface area contributed by atoms with E-state index in [1.54, 1.807) is 6.07 Å². The van der Waals surface area contributed by atoms with E-state index in [1.165, 1.54) is 12.8 Å². The molecule has 0 bridgehead atoms. The first-order chi connectivity index (χ1) is 11.2. The maximum atomic E-state index is 12.1. The molecule has 5 heteroatoms. The van der Waals surface area contributed by atoms with Crippen molar-refractivity contribution in [3.63, 3.8) is 0 Å². The molecule has 1 aromatic carbocycles. The van der Waals surface area contributed by atoms with Crippen LogP contribution in [-0.4, -0.2) is 29.2 Å². The first-order valence-electron chi connectivity index (χ1n) is 8.13. The van der Waals surface area contributed by atoms with Gasteiger partial charge < -0.3 is 10.2 Å². The second-order valence-corrected chi connectivity index (χ2v) is 6.11. The predicted octanol–water partition coefficient (Wildman–Crippen LogP) is 2.64. The molecule has 1 aliphatic rings.